The van der Waals surface area contributed by atoms with Crippen LogP contribution >= 0.6 is 0 Å². The molecule has 1 heterocycles. The van der Waals surface area contributed by atoms with Gasteiger partial charge in [-0.05, 0) is 30.7 Å². The first-order valence-electron chi connectivity index (χ1n) is 7.47. The summed E-state index contributed by atoms with van der Waals surface area (Å²) in [6.07, 6.45) is 0. The van der Waals surface area contributed by atoms with E-state index in [9.17, 15) is 0 Å². The minimum atomic E-state index is 0.496. The summed E-state index contributed by atoms with van der Waals surface area (Å²) in [5, 5.41) is 11.5. The van der Waals surface area contributed by atoms with Crippen molar-refractivity contribution in [3.8, 4) is 17.2 Å². The standard InChI is InChI=1S/C18H19N3O2/c1-13-6-8-14(9-7-13)11-19-12-17-20-21-18(23-17)15-4-3-5-16(10-15)22-2/h3-10,19H,11-12H2,1-2H3. The van der Waals surface area contributed by atoms with Gasteiger partial charge in [-0.1, -0.05) is 35.9 Å². The largest absolute Gasteiger partial charge is 0.497 e. The van der Waals surface area contributed by atoms with Crippen molar-refractivity contribution in [3.63, 3.8) is 0 Å². The van der Waals surface area contributed by atoms with Gasteiger partial charge in [-0.15, -0.1) is 10.2 Å². The van der Waals surface area contributed by atoms with Crippen LogP contribution in [0.4, 0.5) is 0 Å². The Bertz CT molecular complexity index is 766. The Balaban J connectivity index is 1.59. The van der Waals surface area contributed by atoms with Crippen LogP contribution < -0.4 is 10.1 Å². The molecule has 0 saturated heterocycles. The van der Waals surface area contributed by atoms with Gasteiger partial charge in [0.05, 0.1) is 13.7 Å². The van der Waals surface area contributed by atoms with E-state index in [0.29, 0.717) is 18.3 Å². The van der Waals surface area contributed by atoms with E-state index in [2.05, 4.69) is 46.7 Å². The molecular formula is C18H19N3O2. The Morgan fingerprint density at radius 2 is 1.87 bits per heavy atom. The van der Waals surface area contributed by atoms with E-state index in [1.165, 1.54) is 11.1 Å². The first kappa shape index (κ1) is 15.2. The van der Waals surface area contributed by atoms with Gasteiger partial charge >= 0.3 is 0 Å². The fourth-order valence-electron chi connectivity index (χ4n) is 2.22. The highest BCUT2D eigenvalue weighted by atomic mass is 16.5. The third-order valence-electron chi connectivity index (χ3n) is 3.51. The monoisotopic (exact) mass is 309 g/mol. The Hall–Kier alpha value is -2.66. The predicted molar refractivity (Wildman–Crippen MR) is 88.0 cm³/mol. The lowest BCUT2D eigenvalue weighted by atomic mass is 10.1. The molecule has 0 amide bonds. The first-order chi connectivity index (χ1) is 11.2. The average molecular weight is 309 g/mol. The fraction of sp³-hybridized carbons (Fsp3) is 0.222. The molecule has 0 aliphatic heterocycles. The zero-order valence-electron chi connectivity index (χ0n) is 13.2. The quantitative estimate of drug-likeness (QED) is 0.756. The molecule has 0 spiro atoms. The summed E-state index contributed by atoms with van der Waals surface area (Å²) in [6, 6.07) is 16.0. The zero-order valence-corrected chi connectivity index (χ0v) is 13.2. The van der Waals surface area contributed by atoms with Crippen molar-refractivity contribution in [1.29, 1.82) is 0 Å². The molecule has 0 unspecified atom stereocenters. The number of nitrogens with zero attached hydrogens (tertiary/aromatic N) is 2. The number of nitrogens with one attached hydrogen (secondary N) is 1. The fourth-order valence-corrected chi connectivity index (χ4v) is 2.22. The Morgan fingerprint density at radius 3 is 2.65 bits per heavy atom. The molecule has 2 aromatic carbocycles. The van der Waals surface area contributed by atoms with Gasteiger partial charge < -0.3 is 14.5 Å². The van der Waals surface area contributed by atoms with Crippen LogP contribution in [0.1, 0.15) is 17.0 Å². The van der Waals surface area contributed by atoms with Crippen LogP contribution in [0, 0.1) is 6.92 Å². The van der Waals surface area contributed by atoms with E-state index in [1.54, 1.807) is 7.11 Å². The molecule has 0 atom stereocenters. The smallest absolute Gasteiger partial charge is 0.247 e. The molecule has 0 aliphatic carbocycles. The summed E-state index contributed by atoms with van der Waals surface area (Å²) in [5.41, 5.74) is 3.33. The molecule has 3 rings (SSSR count). The van der Waals surface area contributed by atoms with E-state index in [4.69, 9.17) is 9.15 Å². The second-order valence-electron chi connectivity index (χ2n) is 5.32. The van der Waals surface area contributed by atoms with Gasteiger partial charge in [0.25, 0.3) is 0 Å². The van der Waals surface area contributed by atoms with Gasteiger partial charge in [0.2, 0.25) is 11.8 Å². The van der Waals surface area contributed by atoms with Crippen molar-refractivity contribution >= 4 is 0 Å². The van der Waals surface area contributed by atoms with Gasteiger partial charge in [-0.2, -0.15) is 0 Å². The maximum atomic E-state index is 5.69. The van der Waals surface area contributed by atoms with Crippen molar-refractivity contribution in [2.45, 2.75) is 20.0 Å². The van der Waals surface area contributed by atoms with Gasteiger partial charge in [-0.3, -0.25) is 0 Å². The van der Waals surface area contributed by atoms with Crippen molar-refractivity contribution in [2.75, 3.05) is 7.11 Å². The second kappa shape index (κ2) is 7.07. The van der Waals surface area contributed by atoms with Crippen LogP contribution in [0.2, 0.25) is 0 Å². The lowest BCUT2D eigenvalue weighted by molar-refractivity contribution is 0.414. The maximum absolute atomic E-state index is 5.69. The molecule has 0 saturated carbocycles. The van der Waals surface area contributed by atoms with Crippen LogP contribution in [-0.4, -0.2) is 17.3 Å². The van der Waals surface area contributed by atoms with Crippen LogP contribution in [0.5, 0.6) is 5.75 Å². The lowest BCUT2D eigenvalue weighted by Gasteiger charge is -2.02. The number of ether oxygens (including phenoxy) is 1. The molecule has 118 valence electrons. The van der Waals surface area contributed by atoms with E-state index >= 15 is 0 Å². The van der Waals surface area contributed by atoms with Crippen molar-refractivity contribution < 1.29 is 9.15 Å². The number of benzene rings is 2. The molecule has 5 heteroatoms. The van der Waals surface area contributed by atoms with E-state index in [0.717, 1.165) is 17.9 Å². The number of aromatic nitrogens is 2. The highest BCUT2D eigenvalue weighted by Gasteiger charge is 2.09. The number of rotatable bonds is 6. The predicted octanol–water partition coefficient (Wildman–Crippen LogP) is 3.34. The lowest BCUT2D eigenvalue weighted by Crippen LogP contribution is -2.12. The third kappa shape index (κ3) is 3.96. The van der Waals surface area contributed by atoms with Gasteiger partial charge in [0.15, 0.2) is 0 Å². The van der Waals surface area contributed by atoms with Crippen LogP contribution in [0.15, 0.2) is 52.9 Å². The first-order valence-corrected chi connectivity index (χ1v) is 7.47. The molecule has 1 N–H and O–H groups in total. The number of methoxy groups -OCH3 is 1. The van der Waals surface area contributed by atoms with Gasteiger partial charge in [0, 0.05) is 12.1 Å². The van der Waals surface area contributed by atoms with E-state index in [-0.39, 0.29) is 0 Å². The van der Waals surface area contributed by atoms with Crippen molar-refractivity contribution in [2.24, 2.45) is 0 Å². The molecule has 1 aromatic heterocycles. The average Bonchev–Trinajstić information content (AvgIpc) is 3.06. The Labute approximate surface area is 135 Å². The van der Waals surface area contributed by atoms with E-state index < -0.39 is 0 Å². The van der Waals surface area contributed by atoms with Gasteiger partial charge in [-0.25, -0.2) is 0 Å². The molecule has 0 radical (unpaired) electrons. The summed E-state index contributed by atoms with van der Waals surface area (Å²) in [6.45, 7) is 3.37. The molecule has 0 aliphatic rings. The minimum Gasteiger partial charge on any atom is -0.497 e. The summed E-state index contributed by atoms with van der Waals surface area (Å²) in [4.78, 5) is 0. The van der Waals surface area contributed by atoms with Crippen molar-refractivity contribution in [1.82, 2.24) is 15.5 Å². The molecule has 0 bridgehead atoms. The summed E-state index contributed by atoms with van der Waals surface area (Å²) < 4.78 is 10.9. The molecule has 5 nitrogen and oxygen atoms in total. The van der Waals surface area contributed by atoms with Gasteiger partial charge in [0.1, 0.15) is 5.75 Å². The second-order valence-corrected chi connectivity index (χ2v) is 5.32. The zero-order chi connectivity index (χ0) is 16.1. The van der Waals surface area contributed by atoms with E-state index in [1.807, 2.05) is 24.3 Å². The Morgan fingerprint density at radius 1 is 1.04 bits per heavy atom. The third-order valence-corrected chi connectivity index (χ3v) is 3.51. The highest BCUT2D eigenvalue weighted by molar-refractivity contribution is 5.55. The van der Waals surface area contributed by atoms with Crippen LogP contribution in [0.3, 0.4) is 0 Å². The number of aryl methyl sites for hydroxylation is 1. The van der Waals surface area contributed by atoms with Crippen LogP contribution in [-0.2, 0) is 13.1 Å². The molecule has 3 aromatic rings. The van der Waals surface area contributed by atoms with Crippen molar-refractivity contribution in [3.05, 3.63) is 65.5 Å². The molecular weight excluding hydrogens is 290 g/mol. The summed E-state index contributed by atoms with van der Waals surface area (Å²) >= 11 is 0. The summed E-state index contributed by atoms with van der Waals surface area (Å²) in [7, 11) is 1.63. The van der Waals surface area contributed by atoms with Crippen LogP contribution in [0.25, 0.3) is 11.5 Å². The molecule has 23 heavy (non-hydrogen) atoms. The summed E-state index contributed by atoms with van der Waals surface area (Å²) in [5.74, 6) is 1.82. The number of hydrogen-bond donors (Lipinski definition) is 1. The SMILES string of the molecule is COc1cccc(-c2nnc(CNCc3ccc(C)cc3)o2)c1. The maximum Gasteiger partial charge on any atom is 0.247 e. The Kier molecular flexibility index (Phi) is 4.68. The minimum absolute atomic E-state index is 0.496. The normalized spacial score (nSPS) is 10.7. The topological polar surface area (TPSA) is 60.2 Å². The highest BCUT2D eigenvalue weighted by Crippen LogP contribution is 2.22. The number of hydrogen-bond acceptors (Lipinski definition) is 5. The molecule has 0 fully saturated rings.